The number of hydrogen-bond donors (Lipinski definition) is 1. The van der Waals surface area contributed by atoms with Crippen molar-refractivity contribution in [1.82, 2.24) is 14.5 Å². The normalized spacial score (nSPS) is 13.1. The molecule has 1 aliphatic rings. The molecule has 5 heteroatoms. The highest BCUT2D eigenvalue weighted by Gasteiger charge is 2.16. The number of nitrogens with zero attached hydrogens (tertiary/aromatic N) is 3. The highest BCUT2D eigenvalue weighted by molar-refractivity contribution is 5.81. The van der Waals surface area contributed by atoms with Gasteiger partial charge in [0, 0.05) is 36.2 Å². The summed E-state index contributed by atoms with van der Waals surface area (Å²) in [7, 11) is 0. The molecule has 2 aromatic carbocycles. The molecule has 1 aliphatic heterocycles. The van der Waals surface area contributed by atoms with Gasteiger partial charge in [-0.3, -0.25) is 9.36 Å². The van der Waals surface area contributed by atoms with Gasteiger partial charge in [-0.2, -0.15) is 0 Å². The van der Waals surface area contributed by atoms with E-state index in [9.17, 15) is 4.79 Å². The molecule has 0 aliphatic carbocycles. The lowest BCUT2D eigenvalue weighted by atomic mass is 10.1. The zero-order valence-electron chi connectivity index (χ0n) is 17.5. The SMILES string of the molecule is Cc1nc2c(cc1CN1C=CCC1)c(=O)cc(Nc1ccccc1)n2-c1ccccc1. The van der Waals surface area contributed by atoms with E-state index < -0.39 is 0 Å². The van der Waals surface area contributed by atoms with Crippen molar-refractivity contribution in [2.75, 3.05) is 11.9 Å². The van der Waals surface area contributed by atoms with Crippen molar-refractivity contribution in [3.05, 3.63) is 107 Å². The summed E-state index contributed by atoms with van der Waals surface area (Å²) in [4.78, 5) is 20.3. The number of pyridine rings is 2. The maximum absolute atomic E-state index is 13.2. The number of para-hydroxylation sites is 2. The van der Waals surface area contributed by atoms with Crippen molar-refractivity contribution in [2.45, 2.75) is 19.9 Å². The third-order valence-electron chi connectivity index (χ3n) is 5.62. The molecule has 5 rings (SSSR count). The van der Waals surface area contributed by atoms with E-state index in [0.717, 1.165) is 42.1 Å². The number of fused-ring (bicyclic) bond motifs is 1. The molecule has 3 heterocycles. The molecule has 1 N–H and O–H groups in total. The van der Waals surface area contributed by atoms with Crippen LogP contribution in [0.1, 0.15) is 17.7 Å². The first-order valence-electron chi connectivity index (χ1n) is 10.5. The van der Waals surface area contributed by atoms with Gasteiger partial charge in [-0.05, 0) is 55.4 Å². The van der Waals surface area contributed by atoms with Crippen molar-refractivity contribution in [2.24, 2.45) is 0 Å². The van der Waals surface area contributed by atoms with Crippen LogP contribution >= 0.6 is 0 Å². The average molecular weight is 409 g/mol. The Kier molecular flexibility index (Phi) is 5.00. The van der Waals surface area contributed by atoms with E-state index in [-0.39, 0.29) is 5.43 Å². The van der Waals surface area contributed by atoms with Crippen LogP contribution in [0.15, 0.2) is 89.9 Å². The summed E-state index contributed by atoms with van der Waals surface area (Å²) in [6, 6.07) is 23.6. The summed E-state index contributed by atoms with van der Waals surface area (Å²) < 4.78 is 2.02. The van der Waals surface area contributed by atoms with Gasteiger partial charge in [-0.15, -0.1) is 0 Å². The molecule has 2 aromatic heterocycles. The Hall–Kier alpha value is -3.86. The summed E-state index contributed by atoms with van der Waals surface area (Å²) in [6.45, 7) is 3.79. The average Bonchev–Trinajstić information content (AvgIpc) is 3.29. The number of hydrogen-bond acceptors (Lipinski definition) is 4. The van der Waals surface area contributed by atoms with E-state index >= 15 is 0 Å². The number of anilines is 2. The van der Waals surface area contributed by atoms with Gasteiger partial charge < -0.3 is 10.2 Å². The smallest absolute Gasteiger partial charge is 0.193 e. The third kappa shape index (κ3) is 3.82. The summed E-state index contributed by atoms with van der Waals surface area (Å²) in [5.41, 5.74) is 4.52. The largest absolute Gasteiger partial charge is 0.373 e. The van der Waals surface area contributed by atoms with Crippen molar-refractivity contribution >= 4 is 22.5 Å². The Balaban J connectivity index is 1.70. The zero-order valence-corrected chi connectivity index (χ0v) is 17.5. The number of rotatable bonds is 5. The second-order valence-corrected chi connectivity index (χ2v) is 7.80. The molecule has 0 amide bonds. The molecule has 154 valence electrons. The van der Waals surface area contributed by atoms with Gasteiger partial charge >= 0.3 is 0 Å². The summed E-state index contributed by atoms with van der Waals surface area (Å²) in [6.07, 6.45) is 5.36. The lowest BCUT2D eigenvalue weighted by molar-refractivity contribution is 0.399. The summed E-state index contributed by atoms with van der Waals surface area (Å²) in [5.74, 6) is 0.692. The predicted octanol–water partition coefficient (Wildman–Crippen LogP) is 5.16. The first-order valence-corrected chi connectivity index (χ1v) is 10.5. The van der Waals surface area contributed by atoms with Crippen LogP contribution in [-0.4, -0.2) is 21.0 Å². The van der Waals surface area contributed by atoms with Crippen molar-refractivity contribution in [3.8, 4) is 5.69 Å². The van der Waals surface area contributed by atoms with Gasteiger partial charge in [-0.25, -0.2) is 4.98 Å². The third-order valence-corrected chi connectivity index (χ3v) is 5.62. The Morgan fingerprint density at radius 2 is 1.74 bits per heavy atom. The second kappa shape index (κ2) is 8.11. The molecule has 0 saturated carbocycles. The minimum absolute atomic E-state index is 0.0358. The second-order valence-electron chi connectivity index (χ2n) is 7.80. The lowest BCUT2D eigenvalue weighted by Gasteiger charge is -2.20. The van der Waals surface area contributed by atoms with Gasteiger partial charge in [0.25, 0.3) is 0 Å². The zero-order chi connectivity index (χ0) is 21.2. The molecule has 5 nitrogen and oxygen atoms in total. The lowest BCUT2D eigenvalue weighted by Crippen LogP contribution is -2.18. The van der Waals surface area contributed by atoms with Crippen LogP contribution in [0.4, 0.5) is 11.5 Å². The van der Waals surface area contributed by atoms with Gasteiger partial charge in [0.05, 0.1) is 5.39 Å². The van der Waals surface area contributed by atoms with Crippen molar-refractivity contribution < 1.29 is 0 Å². The van der Waals surface area contributed by atoms with E-state index in [2.05, 4.69) is 22.5 Å². The first-order chi connectivity index (χ1) is 15.2. The Labute approximate surface area is 181 Å². The number of aromatic nitrogens is 2. The molecule has 0 atom stereocenters. The monoisotopic (exact) mass is 408 g/mol. The maximum atomic E-state index is 13.2. The minimum atomic E-state index is -0.0358. The molecular weight excluding hydrogens is 384 g/mol. The standard InChI is InChI=1S/C26H24N4O/c1-19-20(18-29-14-8-9-15-29)16-23-24(31)17-25(28-21-10-4-2-5-11-21)30(26(23)27-19)22-12-6-3-7-13-22/h2-8,10-14,16-17,28H,9,15,18H2,1H3. The van der Waals surface area contributed by atoms with Crippen LogP contribution in [-0.2, 0) is 6.54 Å². The first kappa shape index (κ1) is 19.1. The fourth-order valence-corrected chi connectivity index (χ4v) is 4.02. The number of aryl methyl sites for hydroxylation is 1. The van der Waals surface area contributed by atoms with E-state index in [0.29, 0.717) is 16.9 Å². The van der Waals surface area contributed by atoms with Gasteiger partial charge in [-0.1, -0.05) is 42.5 Å². The van der Waals surface area contributed by atoms with Crippen LogP contribution in [0.5, 0.6) is 0 Å². The van der Waals surface area contributed by atoms with E-state index in [1.807, 2.05) is 78.2 Å². The fourth-order valence-electron chi connectivity index (χ4n) is 4.02. The van der Waals surface area contributed by atoms with Crippen LogP contribution < -0.4 is 10.7 Å². The van der Waals surface area contributed by atoms with Gasteiger partial charge in [0.1, 0.15) is 11.5 Å². The van der Waals surface area contributed by atoms with Crippen molar-refractivity contribution in [3.63, 3.8) is 0 Å². The number of benzene rings is 2. The molecule has 0 saturated heterocycles. The number of nitrogens with one attached hydrogen (secondary N) is 1. The summed E-state index contributed by atoms with van der Waals surface area (Å²) >= 11 is 0. The summed E-state index contributed by atoms with van der Waals surface area (Å²) in [5, 5.41) is 4.03. The molecule has 4 aromatic rings. The van der Waals surface area contributed by atoms with E-state index in [4.69, 9.17) is 4.98 Å². The van der Waals surface area contributed by atoms with Gasteiger partial charge in [0.2, 0.25) is 0 Å². The molecule has 31 heavy (non-hydrogen) atoms. The molecule has 0 bridgehead atoms. The molecule has 0 unspecified atom stereocenters. The molecule has 0 fully saturated rings. The van der Waals surface area contributed by atoms with Crippen molar-refractivity contribution in [1.29, 1.82) is 0 Å². The Morgan fingerprint density at radius 1 is 1.00 bits per heavy atom. The maximum Gasteiger partial charge on any atom is 0.193 e. The Bertz CT molecular complexity index is 1310. The van der Waals surface area contributed by atoms with Crippen LogP contribution in [0, 0.1) is 6.92 Å². The quantitative estimate of drug-likeness (QED) is 0.496. The van der Waals surface area contributed by atoms with Crippen LogP contribution in [0.25, 0.3) is 16.7 Å². The highest BCUT2D eigenvalue weighted by atomic mass is 16.1. The molecule has 0 radical (unpaired) electrons. The van der Waals surface area contributed by atoms with E-state index in [1.165, 1.54) is 0 Å². The highest BCUT2D eigenvalue weighted by Crippen LogP contribution is 2.26. The predicted molar refractivity (Wildman–Crippen MR) is 126 cm³/mol. The van der Waals surface area contributed by atoms with Crippen LogP contribution in [0.3, 0.4) is 0 Å². The molecular formula is C26H24N4O. The fraction of sp³-hybridized carbons (Fsp3) is 0.154. The van der Waals surface area contributed by atoms with Gasteiger partial charge in [0.15, 0.2) is 5.43 Å². The minimum Gasteiger partial charge on any atom is -0.373 e. The van der Waals surface area contributed by atoms with E-state index in [1.54, 1.807) is 6.07 Å². The van der Waals surface area contributed by atoms with Crippen LogP contribution in [0.2, 0.25) is 0 Å². The topological polar surface area (TPSA) is 50.2 Å². The Morgan fingerprint density at radius 3 is 2.45 bits per heavy atom. The molecule has 0 spiro atoms.